The highest BCUT2D eigenvalue weighted by Gasteiger charge is 1.91. The lowest BCUT2D eigenvalue weighted by Gasteiger charge is -1.81. The van der Waals surface area contributed by atoms with Crippen molar-refractivity contribution in [1.82, 2.24) is 0 Å². The minimum absolute atomic E-state index is 0.655. The fourth-order valence-electron chi connectivity index (χ4n) is 0.405. The second kappa shape index (κ2) is 1.78. The molecule has 0 aromatic rings. The van der Waals surface area contributed by atoms with E-state index in [2.05, 4.69) is 46.9 Å². The average Bonchev–Trinajstić information content (AvgIpc) is 1.86. The van der Waals surface area contributed by atoms with Gasteiger partial charge in [-0.05, 0) is 0 Å². The third-order valence-corrected chi connectivity index (χ3v) is 1.53. The fourth-order valence-corrected chi connectivity index (χ4v) is 0.884. The lowest BCUT2D eigenvalue weighted by atomic mass is 10.5. The molecule has 0 atom stereocenters. The van der Waals surface area contributed by atoms with Crippen LogP contribution >= 0.6 is 22.6 Å². The summed E-state index contributed by atoms with van der Waals surface area (Å²) in [5.74, 6) is 0. The van der Waals surface area contributed by atoms with Crippen molar-refractivity contribution in [3.63, 3.8) is 0 Å². The molecule has 1 aliphatic carbocycles. The van der Waals surface area contributed by atoms with Gasteiger partial charge in [-0.2, -0.15) is 0 Å². The van der Waals surface area contributed by atoms with Gasteiger partial charge in [0.1, 0.15) is 0 Å². The second-order valence-electron chi connectivity index (χ2n) is 1.21. The van der Waals surface area contributed by atoms with Crippen molar-refractivity contribution < 1.29 is 0 Å². The molecule has 6 heavy (non-hydrogen) atoms. The zero-order valence-electron chi connectivity index (χ0n) is 3.26. The van der Waals surface area contributed by atoms with Crippen molar-refractivity contribution in [2.24, 2.45) is 0 Å². The van der Waals surface area contributed by atoms with Crippen molar-refractivity contribution >= 4 is 22.6 Å². The summed E-state index contributed by atoms with van der Waals surface area (Å²) in [4.78, 5) is 0. The van der Waals surface area contributed by atoms with Gasteiger partial charge in [0.2, 0.25) is 0 Å². The number of hydrogen-bond donors (Lipinski definition) is 0. The highest BCUT2D eigenvalue weighted by molar-refractivity contribution is 14.1. The highest BCUT2D eigenvalue weighted by atomic mass is 127. The molecule has 0 heterocycles. The van der Waals surface area contributed by atoms with Gasteiger partial charge < -0.3 is 0 Å². The van der Waals surface area contributed by atoms with Crippen LogP contribution in [0, 0.1) is 0 Å². The third kappa shape index (κ3) is 0.834. The Morgan fingerprint density at radius 2 is 1.67 bits per heavy atom. The molecule has 0 N–H and O–H groups in total. The van der Waals surface area contributed by atoms with E-state index in [1.165, 1.54) is 0 Å². The third-order valence-electron chi connectivity index (χ3n) is 0.701. The molecule has 0 saturated carbocycles. The van der Waals surface area contributed by atoms with E-state index < -0.39 is 0 Å². The molecule has 0 nitrogen and oxygen atoms in total. The number of alkyl halides is 1. The maximum absolute atomic E-state index is 2.36. The molecular weight excluding hydrogens is 187 g/mol. The van der Waals surface area contributed by atoms with E-state index in [9.17, 15) is 0 Å². The maximum Gasteiger partial charge on any atom is 0.0475 e. The quantitative estimate of drug-likeness (QED) is 0.406. The topological polar surface area (TPSA) is 0 Å². The highest BCUT2D eigenvalue weighted by Crippen LogP contribution is 2.08. The van der Waals surface area contributed by atoms with Crippen LogP contribution in [0.1, 0.15) is 0 Å². The summed E-state index contributed by atoms with van der Waals surface area (Å²) in [5, 5.41) is 0. The largest absolute Gasteiger partial charge is 0.0735 e. The first-order valence-electron chi connectivity index (χ1n) is 1.88. The molecule has 1 aliphatic rings. The molecule has 0 aliphatic heterocycles. The van der Waals surface area contributed by atoms with Crippen molar-refractivity contribution in [1.29, 1.82) is 0 Å². The lowest BCUT2D eigenvalue weighted by Crippen LogP contribution is -1.74. The molecule has 0 saturated heterocycles. The molecule has 0 amide bonds. The summed E-state index contributed by atoms with van der Waals surface area (Å²) in [6, 6.07) is 0. The standard InChI is InChI=1S/C5H5I/c6-5-3-1-2-4-5/h1-5H. The molecule has 0 radical (unpaired) electrons. The van der Waals surface area contributed by atoms with Gasteiger partial charge in [-0.25, -0.2) is 0 Å². The van der Waals surface area contributed by atoms with E-state index in [-0.39, 0.29) is 0 Å². The van der Waals surface area contributed by atoms with Crippen molar-refractivity contribution in [2.75, 3.05) is 0 Å². The van der Waals surface area contributed by atoms with E-state index in [1.54, 1.807) is 0 Å². The first kappa shape index (κ1) is 4.37. The number of allylic oxidation sites excluding steroid dienone is 4. The fraction of sp³-hybridized carbons (Fsp3) is 0.200. The minimum atomic E-state index is 0.655. The minimum Gasteiger partial charge on any atom is -0.0735 e. The van der Waals surface area contributed by atoms with Crippen LogP contribution in [0.4, 0.5) is 0 Å². The Labute approximate surface area is 51.1 Å². The predicted octanol–water partition coefficient (Wildman–Crippen LogP) is 1.92. The summed E-state index contributed by atoms with van der Waals surface area (Å²) in [6.07, 6.45) is 8.44. The Morgan fingerprint density at radius 3 is 1.83 bits per heavy atom. The van der Waals surface area contributed by atoms with Gasteiger partial charge in [0.15, 0.2) is 0 Å². The Hall–Kier alpha value is 0.210. The van der Waals surface area contributed by atoms with E-state index >= 15 is 0 Å². The Kier molecular flexibility index (Phi) is 1.29. The Bertz CT molecular complexity index is 80.1. The Morgan fingerprint density at radius 1 is 1.17 bits per heavy atom. The summed E-state index contributed by atoms with van der Waals surface area (Å²) in [5.41, 5.74) is 0. The van der Waals surface area contributed by atoms with Crippen molar-refractivity contribution in [3.8, 4) is 0 Å². The predicted molar refractivity (Wildman–Crippen MR) is 36.1 cm³/mol. The van der Waals surface area contributed by atoms with Crippen LogP contribution in [0.3, 0.4) is 0 Å². The SMILES string of the molecule is IC1C=CC=C1. The Balaban J connectivity index is 2.60. The zero-order chi connectivity index (χ0) is 4.41. The van der Waals surface area contributed by atoms with Gasteiger partial charge in [-0.1, -0.05) is 46.9 Å². The van der Waals surface area contributed by atoms with Gasteiger partial charge in [-0.3, -0.25) is 0 Å². The normalized spacial score (nSPS) is 20.2. The van der Waals surface area contributed by atoms with Crippen LogP contribution in [0.25, 0.3) is 0 Å². The number of hydrogen-bond acceptors (Lipinski definition) is 0. The van der Waals surface area contributed by atoms with Crippen LogP contribution < -0.4 is 0 Å². The first-order chi connectivity index (χ1) is 2.89. The summed E-state index contributed by atoms with van der Waals surface area (Å²) >= 11 is 2.36. The average molecular weight is 192 g/mol. The summed E-state index contributed by atoms with van der Waals surface area (Å²) in [6.45, 7) is 0. The monoisotopic (exact) mass is 192 g/mol. The summed E-state index contributed by atoms with van der Waals surface area (Å²) in [7, 11) is 0. The van der Waals surface area contributed by atoms with Crippen LogP contribution in [0.15, 0.2) is 24.3 Å². The lowest BCUT2D eigenvalue weighted by molar-refractivity contribution is 1.54. The van der Waals surface area contributed by atoms with Gasteiger partial charge in [0, 0.05) is 3.92 Å². The van der Waals surface area contributed by atoms with Gasteiger partial charge >= 0.3 is 0 Å². The molecule has 0 fully saturated rings. The molecule has 1 heteroatoms. The molecule has 0 spiro atoms. The molecule has 0 unspecified atom stereocenters. The van der Waals surface area contributed by atoms with E-state index in [0.717, 1.165) is 0 Å². The van der Waals surface area contributed by atoms with E-state index in [0.29, 0.717) is 3.92 Å². The van der Waals surface area contributed by atoms with Gasteiger partial charge in [-0.15, -0.1) is 0 Å². The molecule has 32 valence electrons. The second-order valence-corrected chi connectivity index (χ2v) is 2.65. The van der Waals surface area contributed by atoms with Crippen LogP contribution in [0.5, 0.6) is 0 Å². The molecular formula is C5H5I. The molecule has 0 bridgehead atoms. The van der Waals surface area contributed by atoms with E-state index in [4.69, 9.17) is 0 Å². The van der Waals surface area contributed by atoms with Crippen molar-refractivity contribution in [2.45, 2.75) is 3.92 Å². The molecule has 1 rings (SSSR count). The molecule has 0 aromatic heterocycles. The summed E-state index contributed by atoms with van der Waals surface area (Å²) < 4.78 is 0.655. The number of halogens is 1. The van der Waals surface area contributed by atoms with Gasteiger partial charge in [0.25, 0.3) is 0 Å². The van der Waals surface area contributed by atoms with Gasteiger partial charge in [0.05, 0.1) is 0 Å². The maximum atomic E-state index is 2.36. The first-order valence-corrected chi connectivity index (χ1v) is 3.13. The van der Waals surface area contributed by atoms with Crippen LogP contribution in [-0.2, 0) is 0 Å². The number of rotatable bonds is 0. The molecule has 0 aromatic carbocycles. The zero-order valence-corrected chi connectivity index (χ0v) is 5.42. The van der Waals surface area contributed by atoms with E-state index in [1.807, 2.05) is 0 Å². The van der Waals surface area contributed by atoms with Crippen LogP contribution in [-0.4, -0.2) is 3.92 Å². The smallest absolute Gasteiger partial charge is 0.0475 e. The van der Waals surface area contributed by atoms with Crippen LogP contribution in [0.2, 0.25) is 0 Å². The van der Waals surface area contributed by atoms with Crippen molar-refractivity contribution in [3.05, 3.63) is 24.3 Å².